The highest BCUT2D eigenvalue weighted by atomic mass is 32.2. The molecule has 1 unspecified atom stereocenters. The van der Waals surface area contributed by atoms with E-state index in [1.54, 1.807) is 13.2 Å². The van der Waals surface area contributed by atoms with Crippen molar-refractivity contribution in [2.24, 2.45) is 0 Å². The molecule has 1 N–H and O–H groups in total. The van der Waals surface area contributed by atoms with E-state index in [4.69, 9.17) is 4.74 Å². The minimum Gasteiger partial charge on any atom is -0.383 e. The summed E-state index contributed by atoms with van der Waals surface area (Å²) in [7, 11) is 1.68. The van der Waals surface area contributed by atoms with Crippen LogP contribution < -0.4 is 5.32 Å². The Balaban J connectivity index is 2.21. The van der Waals surface area contributed by atoms with E-state index in [0.717, 1.165) is 16.2 Å². The molecule has 6 heteroatoms. The van der Waals surface area contributed by atoms with Gasteiger partial charge in [-0.05, 0) is 19.1 Å². The number of ether oxygens (including phenoxy) is 1. The molecule has 0 aliphatic rings. The average molecular weight is 319 g/mol. The predicted octanol–water partition coefficient (Wildman–Crippen LogP) is 2.47. The average Bonchev–Trinajstić information content (AvgIpc) is 2.87. The Labute approximate surface area is 134 Å². The van der Waals surface area contributed by atoms with Crippen molar-refractivity contribution >= 4 is 28.7 Å². The number of carbonyl (C=O) groups excluding carboxylic acids is 1. The fourth-order valence-electron chi connectivity index (χ4n) is 2.07. The van der Waals surface area contributed by atoms with Crippen LogP contribution in [0.3, 0.4) is 0 Å². The first-order valence-electron chi connectivity index (χ1n) is 7.16. The summed E-state index contributed by atoms with van der Waals surface area (Å²) >= 11 is 1.45. The molecular weight excluding hydrogens is 298 g/mol. The van der Waals surface area contributed by atoms with Crippen LogP contribution in [0.1, 0.15) is 6.92 Å². The summed E-state index contributed by atoms with van der Waals surface area (Å²) in [5.41, 5.74) is 1.99. The number of benzene rings is 1. The number of hydrogen-bond acceptors (Lipinski definition) is 4. The van der Waals surface area contributed by atoms with E-state index in [9.17, 15) is 4.79 Å². The molecule has 22 heavy (non-hydrogen) atoms. The Kier molecular flexibility index (Phi) is 6.03. The first-order valence-corrected chi connectivity index (χ1v) is 8.04. The normalized spacial score (nSPS) is 12.3. The zero-order valence-corrected chi connectivity index (χ0v) is 13.7. The van der Waals surface area contributed by atoms with Gasteiger partial charge >= 0.3 is 0 Å². The van der Waals surface area contributed by atoms with Crippen LogP contribution in [0.5, 0.6) is 0 Å². The van der Waals surface area contributed by atoms with E-state index >= 15 is 0 Å². The molecule has 0 fully saturated rings. The van der Waals surface area contributed by atoms with E-state index < -0.39 is 0 Å². The van der Waals surface area contributed by atoms with Crippen LogP contribution in [0, 0.1) is 0 Å². The molecule has 0 aliphatic carbocycles. The number of rotatable bonds is 8. The third-order valence-electron chi connectivity index (χ3n) is 3.21. The second-order valence-corrected chi connectivity index (χ2v) is 6.13. The summed E-state index contributed by atoms with van der Waals surface area (Å²) in [4.78, 5) is 16.6. The smallest absolute Gasteiger partial charge is 0.233 e. The molecule has 5 nitrogen and oxygen atoms in total. The van der Waals surface area contributed by atoms with E-state index in [0.29, 0.717) is 19.7 Å². The molecule has 0 bridgehead atoms. The Morgan fingerprint density at radius 1 is 1.55 bits per heavy atom. The quantitative estimate of drug-likeness (QED) is 0.600. The monoisotopic (exact) mass is 319 g/mol. The number of amides is 1. The lowest BCUT2D eigenvalue weighted by Gasteiger charge is -2.12. The number of aromatic nitrogens is 2. The van der Waals surface area contributed by atoms with Gasteiger partial charge in [0.05, 0.1) is 22.9 Å². The fraction of sp³-hybridized carbons (Fsp3) is 0.375. The summed E-state index contributed by atoms with van der Waals surface area (Å²) in [6.45, 7) is 7.27. The lowest BCUT2D eigenvalue weighted by Crippen LogP contribution is -2.31. The summed E-state index contributed by atoms with van der Waals surface area (Å²) < 4.78 is 7.27. The van der Waals surface area contributed by atoms with Gasteiger partial charge in [0.25, 0.3) is 0 Å². The van der Waals surface area contributed by atoms with Crippen molar-refractivity contribution < 1.29 is 9.53 Å². The number of nitrogens with zero attached hydrogens (tertiary/aromatic N) is 2. The number of fused-ring (bicyclic) bond motifs is 1. The number of thioether (sulfide) groups is 1. The van der Waals surface area contributed by atoms with Gasteiger partial charge in [0, 0.05) is 20.2 Å². The molecule has 1 atom stereocenters. The number of methoxy groups -OCH3 is 1. The zero-order chi connectivity index (χ0) is 15.9. The lowest BCUT2D eigenvalue weighted by molar-refractivity contribution is -0.120. The van der Waals surface area contributed by atoms with Gasteiger partial charge < -0.3 is 14.6 Å². The molecule has 2 rings (SSSR count). The summed E-state index contributed by atoms with van der Waals surface area (Å²) in [5.74, 6) is -0.0183. The molecule has 1 amide bonds. The molecular formula is C16H21N3O2S. The maximum atomic E-state index is 12.0. The SMILES string of the molecule is C=CCNC(=O)C(C)Sc1nc2ccccc2n1CCOC. The molecule has 0 saturated carbocycles. The van der Waals surface area contributed by atoms with Gasteiger partial charge in [-0.3, -0.25) is 4.79 Å². The van der Waals surface area contributed by atoms with Crippen LogP contribution in [-0.4, -0.2) is 41.0 Å². The van der Waals surface area contributed by atoms with Gasteiger partial charge in [-0.25, -0.2) is 4.98 Å². The molecule has 2 aromatic rings. The standard InChI is InChI=1S/C16H21N3O2S/c1-4-9-17-15(20)12(2)22-16-18-13-7-5-6-8-14(13)19(16)10-11-21-3/h4-8,12H,1,9-11H2,2-3H3,(H,17,20). The highest BCUT2D eigenvalue weighted by molar-refractivity contribution is 8.00. The van der Waals surface area contributed by atoms with Crippen molar-refractivity contribution in [3.8, 4) is 0 Å². The van der Waals surface area contributed by atoms with Crippen LogP contribution >= 0.6 is 11.8 Å². The third kappa shape index (κ3) is 3.90. The van der Waals surface area contributed by atoms with E-state index in [1.807, 2.05) is 31.2 Å². The molecule has 0 spiro atoms. The molecule has 118 valence electrons. The number of hydrogen-bond donors (Lipinski definition) is 1. The molecule has 1 aromatic heterocycles. The van der Waals surface area contributed by atoms with Gasteiger partial charge in [-0.15, -0.1) is 6.58 Å². The van der Waals surface area contributed by atoms with E-state index in [-0.39, 0.29) is 11.2 Å². The molecule has 0 radical (unpaired) electrons. The van der Waals surface area contributed by atoms with Crippen LogP contribution in [0.25, 0.3) is 11.0 Å². The van der Waals surface area contributed by atoms with Crippen molar-refractivity contribution in [3.63, 3.8) is 0 Å². The molecule has 0 aliphatic heterocycles. The van der Waals surface area contributed by atoms with Gasteiger partial charge in [0.2, 0.25) is 5.91 Å². The van der Waals surface area contributed by atoms with Gasteiger partial charge in [0.1, 0.15) is 0 Å². The van der Waals surface area contributed by atoms with Crippen molar-refractivity contribution in [2.75, 3.05) is 20.3 Å². The maximum absolute atomic E-state index is 12.0. The van der Waals surface area contributed by atoms with Gasteiger partial charge in [-0.1, -0.05) is 30.0 Å². The van der Waals surface area contributed by atoms with Gasteiger partial charge in [0.15, 0.2) is 5.16 Å². The number of carbonyl (C=O) groups is 1. The zero-order valence-electron chi connectivity index (χ0n) is 12.9. The number of nitrogens with one attached hydrogen (secondary N) is 1. The van der Waals surface area contributed by atoms with Gasteiger partial charge in [-0.2, -0.15) is 0 Å². The Bertz CT molecular complexity index is 654. The number of imidazole rings is 1. The summed E-state index contributed by atoms with van der Waals surface area (Å²) in [6.07, 6.45) is 1.67. The highest BCUT2D eigenvalue weighted by Gasteiger charge is 2.18. The summed E-state index contributed by atoms with van der Waals surface area (Å²) in [6, 6.07) is 7.96. The van der Waals surface area contributed by atoms with Crippen molar-refractivity contribution in [2.45, 2.75) is 23.9 Å². The van der Waals surface area contributed by atoms with Crippen LogP contribution in [0.2, 0.25) is 0 Å². The van der Waals surface area contributed by atoms with Crippen LogP contribution in [0.4, 0.5) is 0 Å². The topological polar surface area (TPSA) is 56.2 Å². The van der Waals surface area contributed by atoms with Crippen LogP contribution in [-0.2, 0) is 16.1 Å². The Hall–Kier alpha value is -1.79. The van der Waals surface area contributed by atoms with E-state index in [1.165, 1.54) is 11.8 Å². The minimum atomic E-state index is -0.224. The fourth-order valence-corrected chi connectivity index (χ4v) is 3.04. The maximum Gasteiger partial charge on any atom is 0.233 e. The molecule has 0 saturated heterocycles. The second kappa shape index (κ2) is 8.00. The largest absolute Gasteiger partial charge is 0.383 e. The summed E-state index contributed by atoms with van der Waals surface area (Å²) in [5, 5.41) is 3.42. The van der Waals surface area contributed by atoms with E-state index in [2.05, 4.69) is 21.4 Å². The van der Waals surface area contributed by atoms with Crippen molar-refractivity contribution in [1.82, 2.24) is 14.9 Å². The molecule has 1 heterocycles. The Morgan fingerprint density at radius 2 is 2.32 bits per heavy atom. The van der Waals surface area contributed by atoms with Crippen molar-refractivity contribution in [3.05, 3.63) is 36.9 Å². The number of para-hydroxylation sites is 2. The first kappa shape index (κ1) is 16.6. The first-order chi connectivity index (χ1) is 10.7. The second-order valence-electron chi connectivity index (χ2n) is 4.82. The van der Waals surface area contributed by atoms with Crippen molar-refractivity contribution in [1.29, 1.82) is 0 Å². The highest BCUT2D eigenvalue weighted by Crippen LogP contribution is 2.27. The minimum absolute atomic E-state index is 0.0183. The third-order valence-corrected chi connectivity index (χ3v) is 4.30. The Morgan fingerprint density at radius 3 is 3.05 bits per heavy atom. The lowest BCUT2D eigenvalue weighted by atomic mass is 10.3. The van der Waals surface area contributed by atoms with Crippen LogP contribution in [0.15, 0.2) is 42.1 Å². The molecule has 1 aromatic carbocycles. The predicted molar refractivity (Wildman–Crippen MR) is 90.1 cm³/mol.